The molecule has 1 aromatic rings. The molecule has 0 aromatic heterocycles. The van der Waals surface area contributed by atoms with E-state index in [0.717, 1.165) is 13.0 Å². The van der Waals surface area contributed by atoms with E-state index in [4.69, 9.17) is 0 Å². The van der Waals surface area contributed by atoms with Gasteiger partial charge in [-0.05, 0) is 58.5 Å². The average molecular weight is 314 g/mol. The number of aliphatic hydroxyl groups is 1. The van der Waals surface area contributed by atoms with E-state index in [1.165, 1.54) is 12.1 Å². The molecule has 0 spiro atoms. The third-order valence-electron chi connectivity index (χ3n) is 3.53. The van der Waals surface area contributed by atoms with Gasteiger partial charge in [0.2, 0.25) is 10.0 Å². The van der Waals surface area contributed by atoms with Gasteiger partial charge in [0.1, 0.15) is 0 Å². The summed E-state index contributed by atoms with van der Waals surface area (Å²) in [7, 11) is -1.45. The van der Waals surface area contributed by atoms with Gasteiger partial charge in [0, 0.05) is 12.6 Å². The number of nitrogens with one attached hydrogen (secondary N) is 1. The molecule has 0 fully saturated rings. The van der Waals surface area contributed by atoms with E-state index in [1.807, 2.05) is 7.05 Å². The van der Waals surface area contributed by atoms with E-state index in [1.54, 1.807) is 19.1 Å². The predicted octanol–water partition coefficient (Wildman–Crippen LogP) is 1.75. The summed E-state index contributed by atoms with van der Waals surface area (Å²) in [5.41, 5.74) is 0.701. The van der Waals surface area contributed by atoms with Crippen LogP contribution in [0.5, 0.6) is 0 Å². The predicted molar refractivity (Wildman–Crippen MR) is 84.6 cm³/mol. The van der Waals surface area contributed by atoms with Crippen LogP contribution in [-0.4, -0.2) is 44.6 Å². The molecule has 21 heavy (non-hydrogen) atoms. The van der Waals surface area contributed by atoms with Gasteiger partial charge >= 0.3 is 0 Å². The topological polar surface area (TPSA) is 69.6 Å². The molecule has 0 saturated carbocycles. The third-order valence-corrected chi connectivity index (χ3v) is 5.01. The number of hydrogen-bond donors (Lipinski definition) is 2. The highest BCUT2D eigenvalue weighted by Crippen LogP contribution is 2.15. The van der Waals surface area contributed by atoms with Crippen LogP contribution in [0, 0.1) is 0 Å². The third kappa shape index (κ3) is 5.74. The Morgan fingerprint density at radius 3 is 2.24 bits per heavy atom. The lowest BCUT2D eigenvalue weighted by atomic mass is 10.1. The van der Waals surface area contributed by atoms with Gasteiger partial charge in [-0.15, -0.1) is 0 Å². The van der Waals surface area contributed by atoms with Crippen LogP contribution in [-0.2, 0) is 10.0 Å². The number of rotatable bonds is 8. The molecule has 120 valence electrons. The quantitative estimate of drug-likeness (QED) is 0.717. The Balaban J connectivity index is 2.53. The van der Waals surface area contributed by atoms with Crippen LogP contribution >= 0.6 is 0 Å². The van der Waals surface area contributed by atoms with Gasteiger partial charge in [0.15, 0.2) is 0 Å². The van der Waals surface area contributed by atoms with E-state index in [-0.39, 0.29) is 4.90 Å². The van der Waals surface area contributed by atoms with Gasteiger partial charge in [-0.2, -0.15) is 0 Å². The summed E-state index contributed by atoms with van der Waals surface area (Å²) in [5, 5.41) is 9.42. The largest absolute Gasteiger partial charge is 0.389 e. The molecule has 0 aliphatic carbocycles. The Hall–Kier alpha value is -0.950. The molecule has 1 rings (SSSR count). The fourth-order valence-electron chi connectivity index (χ4n) is 1.80. The fraction of sp³-hybridized carbons (Fsp3) is 0.600. The fourth-order valence-corrected chi connectivity index (χ4v) is 2.88. The van der Waals surface area contributed by atoms with Gasteiger partial charge in [-0.25, -0.2) is 13.1 Å². The highest BCUT2D eigenvalue weighted by molar-refractivity contribution is 7.89. The van der Waals surface area contributed by atoms with Crippen molar-refractivity contribution in [2.45, 2.75) is 44.2 Å². The zero-order valence-corrected chi connectivity index (χ0v) is 14.0. The first-order chi connectivity index (χ1) is 9.74. The average Bonchev–Trinajstić information content (AvgIpc) is 2.43. The van der Waals surface area contributed by atoms with Crippen molar-refractivity contribution in [1.82, 2.24) is 9.62 Å². The molecule has 0 heterocycles. The Kier molecular flexibility index (Phi) is 6.80. The number of aliphatic hydroxyl groups excluding tert-OH is 1. The van der Waals surface area contributed by atoms with Crippen molar-refractivity contribution in [3.63, 3.8) is 0 Å². The Bertz CT molecular complexity index is 524. The minimum Gasteiger partial charge on any atom is -0.389 e. The summed E-state index contributed by atoms with van der Waals surface area (Å²) in [6.07, 6.45) is 0.168. The van der Waals surface area contributed by atoms with Gasteiger partial charge in [-0.3, -0.25) is 0 Å². The van der Waals surface area contributed by atoms with Crippen LogP contribution in [0.25, 0.3) is 0 Å². The van der Waals surface area contributed by atoms with Crippen molar-refractivity contribution >= 4 is 10.0 Å². The summed E-state index contributed by atoms with van der Waals surface area (Å²) in [4.78, 5) is 2.40. The lowest BCUT2D eigenvalue weighted by molar-refractivity contribution is 0.199. The second-order valence-corrected chi connectivity index (χ2v) is 7.34. The number of benzene rings is 1. The maximum absolute atomic E-state index is 12.1. The first-order valence-corrected chi connectivity index (χ1v) is 8.70. The molecule has 2 N–H and O–H groups in total. The standard InChI is InChI=1S/C15H26N2O3S/c1-12(2)17(4)11-5-10-16-21(19,20)15-8-6-14(7-9-15)13(3)18/h6-9,12-13,16,18H,5,10-11H2,1-4H3. The van der Waals surface area contributed by atoms with Gasteiger partial charge < -0.3 is 10.0 Å². The smallest absolute Gasteiger partial charge is 0.240 e. The van der Waals surface area contributed by atoms with E-state index >= 15 is 0 Å². The highest BCUT2D eigenvalue weighted by atomic mass is 32.2. The summed E-state index contributed by atoms with van der Waals surface area (Å²) in [6, 6.07) is 6.75. The van der Waals surface area contributed by atoms with Crippen molar-refractivity contribution in [2.75, 3.05) is 20.1 Å². The normalized spacial score (nSPS) is 13.9. The van der Waals surface area contributed by atoms with Crippen LogP contribution in [0.2, 0.25) is 0 Å². The van der Waals surface area contributed by atoms with E-state index < -0.39 is 16.1 Å². The van der Waals surface area contributed by atoms with E-state index in [9.17, 15) is 13.5 Å². The van der Waals surface area contributed by atoms with E-state index in [2.05, 4.69) is 23.5 Å². The minimum atomic E-state index is -3.47. The summed E-state index contributed by atoms with van der Waals surface area (Å²) in [6.45, 7) is 7.12. The Labute approximate surface area is 128 Å². The van der Waals surface area contributed by atoms with Crippen LogP contribution in [0.4, 0.5) is 0 Å². The van der Waals surface area contributed by atoms with Crippen molar-refractivity contribution in [2.24, 2.45) is 0 Å². The van der Waals surface area contributed by atoms with E-state index in [0.29, 0.717) is 18.2 Å². The first-order valence-electron chi connectivity index (χ1n) is 7.22. The maximum atomic E-state index is 12.1. The number of nitrogens with zero attached hydrogens (tertiary/aromatic N) is 1. The molecule has 0 saturated heterocycles. The molecular formula is C15H26N2O3S. The molecule has 1 aromatic carbocycles. The van der Waals surface area contributed by atoms with Crippen LogP contribution in [0.15, 0.2) is 29.2 Å². The molecular weight excluding hydrogens is 288 g/mol. The van der Waals surface area contributed by atoms with Crippen molar-refractivity contribution < 1.29 is 13.5 Å². The second-order valence-electron chi connectivity index (χ2n) is 5.57. The summed E-state index contributed by atoms with van der Waals surface area (Å²) < 4.78 is 26.8. The Morgan fingerprint density at radius 2 is 1.76 bits per heavy atom. The van der Waals surface area contributed by atoms with Crippen LogP contribution in [0.1, 0.15) is 38.9 Å². The molecule has 0 aliphatic heterocycles. The van der Waals surface area contributed by atoms with Gasteiger partial charge in [-0.1, -0.05) is 12.1 Å². The van der Waals surface area contributed by atoms with Gasteiger partial charge in [0.25, 0.3) is 0 Å². The monoisotopic (exact) mass is 314 g/mol. The van der Waals surface area contributed by atoms with Crippen molar-refractivity contribution in [3.8, 4) is 0 Å². The SMILES string of the molecule is CC(O)c1ccc(S(=O)(=O)NCCCN(C)C(C)C)cc1. The first kappa shape index (κ1) is 18.1. The molecule has 0 amide bonds. The molecule has 1 atom stereocenters. The lowest BCUT2D eigenvalue weighted by Crippen LogP contribution is -2.31. The Morgan fingerprint density at radius 1 is 1.19 bits per heavy atom. The molecule has 0 radical (unpaired) electrons. The van der Waals surface area contributed by atoms with Crippen molar-refractivity contribution in [3.05, 3.63) is 29.8 Å². The molecule has 0 bridgehead atoms. The zero-order valence-electron chi connectivity index (χ0n) is 13.2. The zero-order chi connectivity index (χ0) is 16.0. The van der Waals surface area contributed by atoms with Crippen LogP contribution in [0.3, 0.4) is 0 Å². The number of hydrogen-bond acceptors (Lipinski definition) is 4. The minimum absolute atomic E-state index is 0.226. The lowest BCUT2D eigenvalue weighted by Gasteiger charge is -2.20. The molecule has 5 nitrogen and oxygen atoms in total. The molecule has 0 aliphatic rings. The van der Waals surface area contributed by atoms with Crippen LogP contribution < -0.4 is 4.72 Å². The molecule has 1 unspecified atom stereocenters. The van der Waals surface area contributed by atoms with Gasteiger partial charge in [0.05, 0.1) is 11.0 Å². The maximum Gasteiger partial charge on any atom is 0.240 e. The van der Waals surface area contributed by atoms with Crippen molar-refractivity contribution in [1.29, 1.82) is 0 Å². The summed E-state index contributed by atoms with van der Waals surface area (Å²) in [5.74, 6) is 0. The summed E-state index contributed by atoms with van der Waals surface area (Å²) >= 11 is 0. The molecule has 6 heteroatoms. The second kappa shape index (κ2) is 7.89. The number of sulfonamides is 1. The highest BCUT2D eigenvalue weighted by Gasteiger charge is 2.14.